The topological polar surface area (TPSA) is 90.0 Å². The predicted octanol–water partition coefficient (Wildman–Crippen LogP) is 4.07. The Labute approximate surface area is 227 Å². The van der Waals surface area contributed by atoms with E-state index in [1.165, 1.54) is 37.2 Å². The molecule has 3 rings (SSSR count). The van der Waals surface area contributed by atoms with Crippen molar-refractivity contribution >= 4 is 43.6 Å². The number of carbonyl (C=O) groups is 2. The number of benzene rings is 2. The standard InChI is InChI=1S/C26H34BrFN4O4S/c1-19(26(34)29-22-9-5-4-6-10-22)31(17-20-13-15-21(27)16-14-20)25(33)18-32(37(35,36)30(2)3)24-12-8-7-11-23(24)28/h7-8,11-16,19,22H,4-6,9-10,17-18H2,1-3H3,(H,29,34)/t19-/m0/s1. The Bertz CT molecular complexity index is 1190. The summed E-state index contributed by atoms with van der Waals surface area (Å²) in [7, 11) is -1.59. The third-order valence-corrected chi connectivity index (χ3v) is 8.86. The lowest BCUT2D eigenvalue weighted by molar-refractivity contribution is -0.139. The molecule has 37 heavy (non-hydrogen) atoms. The van der Waals surface area contributed by atoms with Crippen LogP contribution in [0.2, 0.25) is 0 Å². The van der Waals surface area contributed by atoms with Gasteiger partial charge in [0, 0.05) is 31.2 Å². The maximum Gasteiger partial charge on any atom is 0.304 e. The Morgan fingerprint density at radius 3 is 2.27 bits per heavy atom. The van der Waals surface area contributed by atoms with Crippen molar-refractivity contribution in [2.45, 2.75) is 57.7 Å². The van der Waals surface area contributed by atoms with E-state index in [1.54, 1.807) is 6.92 Å². The maximum absolute atomic E-state index is 14.7. The monoisotopic (exact) mass is 596 g/mol. The minimum atomic E-state index is -4.22. The predicted molar refractivity (Wildman–Crippen MR) is 146 cm³/mol. The van der Waals surface area contributed by atoms with E-state index in [1.807, 2.05) is 24.3 Å². The van der Waals surface area contributed by atoms with Gasteiger partial charge in [0.15, 0.2) is 0 Å². The zero-order chi connectivity index (χ0) is 27.2. The van der Waals surface area contributed by atoms with Crippen molar-refractivity contribution in [3.05, 3.63) is 64.4 Å². The summed E-state index contributed by atoms with van der Waals surface area (Å²) in [5.41, 5.74) is 0.522. The van der Waals surface area contributed by atoms with Gasteiger partial charge in [0.05, 0.1) is 5.69 Å². The lowest BCUT2D eigenvalue weighted by Gasteiger charge is -2.34. The van der Waals surface area contributed by atoms with Gasteiger partial charge in [-0.05, 0) is 49.6 Å². The average Bonchev–Trinajstić information content (AvgIpc) is 2.87. The number of amides is 2. The molecule has 0 aliphatic heterocycles. The van der Waals surface area contributed by atoms with Crippen LogP contribution in [0.3, 0.4) is 0 Å². The molecule has 0 unspecified atom stereocenters. The fourth-order valence-corrected chi connectivity index (χ4v) is 5.62. The van der Waals surface area contributed by atoms with E-state index in [2.05, 4.69) is 21.2 Å². The van der Waals surface area contributed by atoms with Gasteiger partial charge < -0.3 is 10.2 Å². The molecule has 0 radical (unpaired) electrons. The van der Waals surface area contributed by atoms with Gasteiger partial charge in [-0.1, -0.05) is 59.5 Å². The summed E-state index contributed by atoms with van der Waals surface area (Å²) in [6.07, 6.45) is 5.01. The Kier molecular flexibility index (Phi) is 10.1. The van der Waals surface area contributed by atoms with Crippen LogP contribution in [0.25, 0.3) is 0 Å². The molecule has 2 amide bonds. The first-order valence-corrected chi connectivity index (χ1v) is 14.5. The molecule has 1 aliphatic rings. The molecular formula is C26H34BrFN4O4S. The van der Waals surface area contributed by atoms with Crippen molar-refractivity contribution in [1.82, 2.24) is 14.5 Å². The quantitative estimate of drug-likeness (QED) is 0.448. The summed E-state index contributed by atoms with van der Waals surface area (Å²) in [5, 5.41) is 3.05. The van der Waals surface area contributed by atoms with Crippen molar-refractivity contribution in [2.24, 2.45) is 0 Å². The van der Waals surface area contributed by atoms with Gasteiger partial charge in [-0.2, -0.15) is 12.7 Å². The molecule has 202 valence electrons. The highest BCUT2D eigenvalue weighted by Crippen LogP contribution is 2.24. The third kappa shape index (κ3) is 7.52. The van der Waals surface area contributed by atoms with Crippen molar-refractivity contribution < 1.29 is 22.4 Å². The molecule has 1 fully saturated rings. The largest absolute Gasteiger partial charge is 0.352 e. The number of rotatable bonds is 10. The Morgan fingerprint density at radius 1 is 1.05 bits per heavy atom. The van der Waals surface area contributed by atoms with Gasteiger partial charge >= 0.3 is 10.2 Å². The molecular weight excluding hydrogens is 563 g/mol. The molecule has 1 saturated carbocycles. The number of anilines is 1. The van der Waals surface area contributed by atoms with Crippen molar-refractivity contribution in [2.75, 3.05) is 24.9 Å². The zero-order valence-electron chi connectivity index (χ0n) is 21.4. The number of nitrogens with zero attached hydrogens (tertiary/aromatic N) is 3. The SMILES string of the molecule is C[C@@H](C(=O)NC1CCCCC1)N(Cc1ccc(Br)cc1)C(=O)CN(c1ccccc1F)S(=O)(=O)N(C)C. The first-order valence-electron chi connectivity index (χ1n) is 12.3. The van der Waals surface area contributed by atoms with Gasteiger partial charge in [0.1, 0.15) is 18.4 Å². The van der Waals surface area contributed by atoms with Crippen LogP contribution in [-0.4, -0.2) is 62.2 Å². The number of para-hydroxylation sites is 1. The van der Waals surface area contributed by atoms with E-state index in [0.29, 0.717) is 0 Å². The van der Waals surface area contributed by atoms with Crippen LogP contribution in [-0.2, 0) is 26.3 Å². The molecule has 2 aromatic carbocycles. The molecule has 0 bridgehead atoms. The highest BCUT2D eigenvalue weighted by atomic mass is 79.9. The second-order valence-electron chi connectivity index (χ2n) is 9.42. The molecule has 0 spiro atoms. The molecule has 1 N–H and O–H groups in total. The Hall–Kier alpha value is -2.50. The van der Waals surface area contributed by atoms with Crippen molar-refractivity contribution in [1.29, 1.82) is 0 Å². The van der Waals surface area contributed by atoms with Gasteiger partial charge in [-0.3, -0.25) is 9.59 Å². The Morgan fingerprint density at radius 2 is 1.68 bits per heavy atom. The zero-order valence-corrected chi connectivity index (χ0v) is 23.8. The van der Waals surface area contributed by atoms with Crippen LogP contribution < -0.4 is 9.62 Å². The molecule has 2 aromatic rings. The van der Waals surface area contributed by atoms with Gasteiger partial charge in [-0.25, -0.2) is 8.70 Å². The molecule has 1 aliphatic carbocycles. The van der Waals surface area contributed by atoms with Gasteiger partial charge in [0.25, 0.3) is 0 Å². The average molecular weight is 598 g/mol. The second-order valence-corrected chi connectivity index (χ2v) is 12.4. The normalized spacial score (nSPS) is 15.3. The van der Waals surface area contributed by atoms with E-state index in [9.17, 15) is 22.4 Å². The number of halogens is 2. The van der Waals surface area contributed by atoms with Crippen LogP contribution in [0.1, 0.15) is 44.6 Å². The lowest BCUT2D eigenvalue weighted by Crippen LogP contribution is -2.53. The van der Waals surface area contributed by atoms with Crippen molar-refractivity contribution in [3.63, 3.8) is 0 Å². The summed E-state index contributed by atoms with van der Waals surface area (Å²) < 4.78 is 43.5. The number of hydrogen-bond acceptors (Lipinski definition) is 4. The minimum Gasteiger partial charge on any atom is -0.352 e. The minimum absolute atomic E-state index is 0.0531. The molecule has 8 nitrogen and oxygen atoms in total. The molecule has 11 heteroatoms. The van der Waals surface area contributed by atoms with Crippen LogP contribution >= 0.6 is 15.9 Å². The second kappa shape index (κ2) is 12.8. The van der Waals surface area contributed by atoms with E-state index < -0.39 is 34.5 Å². The highest BCUT2D eigenvalue weighted by molar-refractivity contribution is 9.10. The molecule has 1 atom stereocenters. The fourth-order valence-electron chi connectivity index (χ4n) is 4.29. The fraction of sp³-hybridized carbons (Fsp3) is 0.462. The number of carbonyl (C=O) groups excluding carboxylic acids is 2. The van der Waals surface area contributed by atoms with Gasteiger partial charge in [-0.15, -0.1) is 0 Å². The lowest BCUT2D eigenvalue weighted by atomic mass is 9.95. The first-order chi connectivity index (χ1) is 17.5. The van der Waals surface area contributed by atoms with Crippen molar-refractivity contribution in [3.8, 4) is 0 Å². The summed E-state index contributed by atoms with van der Waals surface area (Å²) in [6, 6.07) is 11.9. The van der Waals surface area contributed by atoms with E-state index >= 15 is 0 Å². The third-order valence-electron chi connectivity index (χ3n) is 6.52. The summed E-state index contributed by atoms with van der Waals surface area (Å²) in [6.45, 7) is 1.04. The molecule has 0 heterocycles. The van der Waals surface area contributed by atoms with E-state index in [0.717, 1.165) is 56.8 Å². The maximum atomic E-state index is 14.7. The van der Waals surface area contributed by atoms with Gasteiger partial charge in [0.2, 0.25) is 11.8 Å². The Balaban J connectivity index is 1.92. The highest BCUT2D eigenvalue weighted by Gasteiger charge is 2.34. The van der Waals surface area contributed by atoms with Crippen LogP contribution in [0.5, 0.6) is 0 Å². The summed E-state index contributed by atoms with van der Waals surface area (Å²) in [4.78, 5) is 28.3. The van der Waals surface area contributed by atoms with Crippen LogP contribution in [0.4, 0.5) is 10.1 Å². The van der Waals surface area contributed by atoms with Crippen LogP contribution in [0.15, 0.2) is 53.0 Å². The first kappa shape index (κ1) is 29.1. The molecule has 0 saturated heterocycles. The van der Waals surface area contributed by atoms with E-state index in [4.69, 9.17) is 0 Å². The van der Waals surface area contributed by atoms with Crippen LogP contribution in [0, 0.1) is 5.82 Å². The smallest absolute Gasteiger partial charge is 0.304 e. The molecule has 0 aromatic heterocycles. The van der Waals surface area contributed by atoms with E-state index in [-0.39, 0.29) is 24.2 Å². The summed E-state index contributed by atoms with van der Waals surface area (Å²) >= 11 is 3.39. The number of nitrogens with one attached hydrogen (secondary N) is 1. The summed E-state index contributed by atoms with van der Waals surface area (Å²) in [5.74, 6) is -1.70. The number of hydrogen-bond donors (Lipinski definition) is 1.